The molecule has 3 aromatic rings. The molecule has 0 saturated heterocycles. The van der Waals surface area contributed by atoms with Gasteiger partial charge in [0.15, 0.2) is 0 Å². The van der Waals surface area contributed by atoms with Crippen LogP contribution in [0.4, 0.5) is 0 Å². The molecule has 186 valence electrons. The predicted octanol–water partition coefficient (Wildman–Crippen LogP) is 5.93. The highest BCUT2D eigenvalue weighted by molar-refractivity contribution is 8.00. The molecule has 1 aliphatic carbocycles. The summed E-state index contributed by atoms with van der Waals surface area (Å²) in [5.41, 5.74) is 1.10. The molecule has 0 N–H and O–H groups in total. The van der Waals surface area contributed by atoms with Gasteiger partial charge in [-0.15, -0.1) is 11.8 Å². The fraction of sp³-hybridized carbons (Fsp3) is 0.393. The summed E-state index contributed by atoms with van der Waals surface area (Å²) in [7, 11) is 0. The topological polar surface area (TPSA) is 67.1 Å². The normalized spacial score (nSPS) is 13.8. The second-order valence-corrected chi connectivity index (χ2v) is 9.70. The lowest BCUT2D eigenvalue weighted by Crippen LogP contribution is -2.13. The van der Waals surface area contributed by atoms with Crippen molar-refractivity contribution in [2.75, 3.05) is 39.6 Å². The Balaban J connectivity index is 1.12. The molecular formula is C28H32O6S. The summed E-state index contributed by atoms with van der Waals surface area (Å²) in [5.74, 6) is 1.15. The molecule has 4 rings (SSSR count). The Kier molecular flexibility index (Phi) is 9.69. The van der Waals surface area contributed by atoms with Crippen molar-refractivity contribution in [2.24, 2.45) is 0 Å². The Labute approximate surface area is 210 Å². The van der Waals surface area contributed by atoms with Crippen molar-refractivity contribution in [3.05, 3.63) is 77.2 Å². The lowest BCUT2D eigenvalue weighted by atomic mass is 10.2. The molecular weight excluding hydrogens is 464 g/mol. The molecule has 1 aromatic heterocycles. The minimum absolute atomic E-state index is 0.330. The van der Waals surface area contributed by atoms with Gasteiger partial charge < -0.3 is 23.4 Å². The van der Waals surface area contributed by atoms with Crippen molar-refractivity contribution in [1.29, 1.82) is 0 Å². The van der Waals surface area contributed by atoms with E-state index in [1.165, 1.54) is 31.7 Å². The van der Waals surface area contributed by atoms with Gasteiger partial charge in [-0.05, 0) is 31.0 Å². The third-order valence-corrected chi connectivity index (χ3v) is 7.07. The summed E-state index contributed by atoms with van der Waals surface area (Å²) in [6, 6.07) is 17.1. The minimum Gasteiger partial charge on any atom is -0.491 e. The first-order valence-corrected chi connectivity index (χ1v) is 13.0. The predicted molar refractivity (Wildman–Crippen MR) is 139 cm³/mol. The SMILES string of the molecule is C=C(OCCOCCOCCOc1cc(=O)oc2cc(SC3CCCC3)ccc12)c1ccccc1. The lowest BCUT2D eigenvalue weighted by molar-refractivity contribution is 0.0248. The molecule has 1 heterocycles. The van der Waals surface area contributed by atoms with Gasteiger partial charge in [-0.3, -0.25) is 0 Å². The second kappa shape index (κ2) is 13.4. The smallest absolute Gasteiger partial charge is 0.339 e. The van der Waals surface area contributed by atoms with Crippen LogP contribution >= 0.6 is 11.8 Å². The van der Waals surface area contributed by atoms with Crippen LogP contribution in [0.2, 0.25) is 0 Å². The van der Waals surface area contributed by atoms with Crippen molar-refractivity contribution < 1.29 is 23.4 Å². The highest BCUT2D eigenvalue weighted by Crippen LogP contribution is 2.36. The van der Waals surface area contributed by atoms with Crippen LogP contribution in [0.3, 0.4) is 0 Å². The van der Waals surface area contributed by atoms with E-state index in [1.54, 1.807) is 0 Å². The van der Waals surface area contributed by atoms with E-state index >= 15 is 0 Å². The van der Waals surface area contributed by atoms with Crippen LogP contribution in [0.25, 0.3) is 16.7 Å². The molecule has 35 heavy (non-hydrogen) atoms. The van der Waals surface area contributed by atoms with Crippen molar-refractivity contribution in [1.82, 2.24) is 0 Å². The number of ether oxygens (including phenoxy) is 4. The molecule has 1 fully saturated rings. The van der Waals surface area contributed by atoms with E-state index in [2.05, 4.69) is 12.6 Å². The first-order valence-electron chi connectivity index (χ1n) is 12.1. The van der Waals surface area contributed by atoms with E-state index in [0.29, 0.717) is 62.0 Å². The van der Waals surface area contributed by atoms with Gasteiger partial charge in [0.2, 0.25) is 0 Å². The summed E-state index contributed by atoms with van der Waals surface area (Å²) in [4.78, 5) is 13.2. The summed E-state index contributed by atoms with van der Waals surface area (Å²) in [5, 5.41) is 1.45. The molecule has 0 spiro atoms. The van der Waals surface area contributed by atoms with Gasteiger partial charge in [-0.25, -0.2) is 4.79 Å². The maximum Gasteiger partial charge on any atom is 0.339 e. The zero-order chi connectivity index (χ0) is 24.3. The molecule has 0 unspecified atom stereocenters. The summed E-state index contributed by atoms with van der Waals surface area (Å²) in [6.07, 6.45) is 5.09. The Morgan fingerprint density at radius 1 is 0.914 bits per heavy atom. The number of hydrogen-bond acceptors (Lipinski definition) is 7. The van der Waals surface area contributed by atoms with Crippen LogP contribution in [0, 0.1) is 0 Å². The molecule has 1 saturated carbocycles. The standard InChI is InChI=1S/C28H32O6S/c1-21(22-7-3-2-4-8-22)32-17-15-30-13-14-31-16-18-33-26-20-28(29)34-27-19-24(11-12-25(26)27)35-23-9-5-6-10-23/h2-4,7-8,11-12,19-20,23H,1,5-6,9-10,13-18H2. The molecule has 0 atom stereocenters. The van der Waals surface area contributed by atoms with Crippen molar-refractivity contribution in [3.8, 4) is 5.75 Å². The van der Waals surface area contributed by atoms with Crippen LogP contribution in [0.1, 0.15) is 31.2 Å². The van der Waals surface area contributed by atoms with Crippen molar-refractivity contribution >= 4 is 28.5 Å². The van der Waals surface area contributed by atoms with E-state index in [4.69, 9.17) is 23.4 Å². The Bertz CT molecular complexity index is 1140. The van der Waals surface area contributed by atoms with E-state index < -0.39 is 5.63 Å². The molecule has 0 amide bonds. The average molecular weight is 497 g/mol. The summed E-state index contributed by atoms with van der Waals surface area (Å²) >= 11 is 1.86. The Morgan fingerprint density at radius 2 is 1.63 bits per heavy atom. The molecule has 0 bridgehead atoms. The van der Waals surface area contributed by atoms with Gasteiger partial charge in [0.25, 0.3) is 0 Å². The van der Waals surface area contributed by atoms with Gasteiger partial charge in [0.1, 0.15) is 30.3 Å². The quantitative estimate of drug-likeness (QED) is 0.156. The van der Waals surface area contributed by atoms with Crippen LogP contribution in [-0.4, -0.2) is 44.9 Å². The van der Waals surface area contributed by atoms with E-state index in [1.807, 2.05) is 54.2 Å². The van der Waals surface area contributed by atoms with Gasteiger partial charge in [-0.1, -0.05) is 49.8 Å². The fourth-order valence-electron chi connectivity index (χ4n) is 3.97. The monoisotopic (exact) mass is 496 g/mol. The first kappa shape index (κ1) is 25.4. The van der Waals surface area contributed by atoms with Crippen molar-refractivity contribution in [2.45, 2.75) is 35.8 Å². The number of benzene rings is 2. The highest BCUT2D eigenvalue weighted by Gasteiger charge is 2.17. The lowest BCUT2D eigenvalue weighted by Gasteiger charge is -2.12. The molecule has 0 radical (unpaired) electrons. The summed E-state index contributed by atoms with van der Waals surface area (Å²) < 4.78 is 27.9. The molecule has 0 aliphatic heterocycles. The van der Waals surface area contributed by atoms with Crippen LogP contribution in [0.15, 0.2) is 75.3 Å². The van der Waals surface area contributed by atoms with E-state index in [9.17, 15) is 4.79 Å². The van der Waals surface area contributed by atoms with E-state index in [0.717, 1.165) is 15.8 Å². The van der Waals surface area contributed by atoms with Crippen molar-refractivity contribution in [3.63, 3.8) is 0 Å². The summed E-state index contributed by atoms with van der Waals surface area (Å²) in [6.45, 7) is 6.44. The van der Waals surface area contributed by atoms with E-state index in [-0.39, 0.29) is 0 Å². The maximum absolute atomic E-state index is 12.0. The molecule has 2 aromatic carbocycles. The van der Waals surface area contributed by atoms with Crippen LogP contribution < -0.4 is 10.4 Å². The zero-order valence-corrected chi connectivity index (χ0v) is 20.7. The number of thioether (sulfide) groups is 1. The number of fused-ring (bicyclic) bond motifs is 1. The zero-order valence-electron chi connectivity index (χ0n) is 19.9. The van der Waals surface area contributed by atoms with Gasteiger partial charge in [0, 0.05) is 15.7 Å². The maximum atomic E-state index is 12.0. The van der Waals surface area contributed by atoms with Gasteiger partial charge in [-0.2, -0.15) is 0 Å². The van der Waals surface area contributed by atoms with Gasteiger partial charge >= 0.3 is 5.63 Å². The Morgan fingerprint density at radius 3 is 2.40 bits per heavy atom. The highest BCUT2D eigenvalue weighted by atomic mass is 32.2. The molecule has 7 heteroatoms. The third kappa shape index (κ3) is 7.88. The minimum atomic E-state index is -0.415. The van der Waals surface area contributed by atoms with Gasteiger partial charge in [0.05, 0.1) is 37.9 Å². The fourth-order valence-corrected chi connectivity index (χ4v) is 5.24. The largest absolute Gasteiger partial charge is 0.491 e. The Hall–Kier alpha value is -2.74. The molecule has 6 nitrogen and oxygen atoms in total. The molecule has 1 aliphatic rings. The second-order valence-electron chi connectivity index (χ2n) is 8.32. The number of hydrogen-bond donors (Lipinski definition) is 0. The number of rotatable bonds is 14. The average Bonchev–Trinajstić information content (AvgIpc) is 3.38. The van der Waals surface area contributed by atoms with Crippen LogP contribution in [-0.2, 0) is 14.2 Å². The third-order valence-electron chi connectivity index (χ3n) is 5.74. The van der Waals surface area contributed by atoms with Crippen LogP contribution in [0.5, 0.6) is 5.75 Å². The first-order chi connectivity index (χ1) is 17.2.